The number of thioether (sulfide) groups is 1. The van der Waals surface area contributed by atoms with Crippen molar-refractivity contribution in [2.24, 2.45) is 0 Å². The van der Waals surface area contributed by atoms with Crippen LogP contribution in [0.1, 0.15) is 12.6 Å². The van der Waals surface area contributed by atoms with Crippen molar-refractivity contribution in [3.8, 4) is 0 Å². The van der Waals surface area contributed by atoms with E-state index in [0.717, 1.165) is 16.1 Å². The van der Waals surface area contributed by atoms with Gasteiger partial charge in [0.05, 0.1) is 12.3 Å². The summed E-state index contributed by atoms with van der Waals surface area (Å²) in [6, 6.07) is 8.12. The minimum Gasteiger partial charge on any atom is -0.463 e. The lowest BCUT2D eigenvalue weighted by molar-refractivity contribution is -0.137. The van der Waals surface area contributed by atoms with Crippen molar-refractivity contribution in [2.75, 3.05) is 12.9 Å². The van der Waals surface area contributed by atoms with E-state index in [4.69, 9.17) is 4.74 Å². The molecule has 2 aromatic rings. The summed E-state index contributed by atoms with van der Waals surface area (Å²) in [5.74, 6) is -0.310. The Hall–Kier alpha value is -1.68. The van der Waals surface area contributed by atoms with E-state index in [1.54, 1.807) is 24.8 Å². The Labute approximate surface area is 110 Å². The summed E-state index contributed by atoms with van der Waals surface area (Å²) < 4.78 is 6.94. The average molecular weight is 261 g/mol. The summed E-state index contributed by atoms with van der Waals surface area (Å²) in [5, 5.41) is 0. The Balaban J connectivity index is 2.39. The standard InChI is InChI=1S/C14H15NO2S/c1-3-17-14(16)8-7-12-13(18-2)10-11-6-4-5-9-15(11)12/h4-10H,3H2,1-2H3. The number of rotatable bonds is 4. The molecule has 2 heterocycles. The second-order valence-electron chi connectivity index (χ2n) is 3.68. The van der Waals surface area contributed by atoms with E-state index in [1.807, 2.05) is 30.7 Å². The van der Waals surface area contributed by atoms with E-state index in [1.165, 1.54) is 6.08 Å². The smallest absolute Gasteiger partial charge is 0.330 e. The number of carbonyl (C=O) groups is 1. The fourth-order valence-corrected chi connectivity index (χ4v) is 2.40. The van der Waals surface area contributed by atoms with Gasteiger partial charge >= 0.3 is 5.97 Å². The molecule has 0 amide bonds. The van der Waals surface area contributed by atoms with Crippen molar-refractivity contribution in [1.82, 2.24) is 4.40 Å². The molecular weight excluding hydrogens is 246 g/mol. The first kappa shape index (κ1) is 12.8. The Bertz CT molecular complexity index is 586. The molecular formula is C14H15NO2S. The van der Waals surface area contributed by atoms with Gasteiger partial charge in [-0.25, -0.2) is 4.79 Å². The van der Waals surface area contributed by atoms with Crippen molar-refractivity contribution < 1.29 is 9.53 Å². The van der Waals surface area contributed by atoms with Crippen molar-refractivity contribution in [2.45, 2.75) is 11.8 Å². The number of hydrogen-bond donors (Lipinski definition) is 0. The van der Waals surface area contributed by atoms with Crippen LogP contribution < -0.4 is 0 Å². The third-order valence-electron chi connectivity index (χ3n) is 2.57. The van der Waals surface area contributed by atoms with E-state index in [9.17, 15) is 4.79 Å². The third-order valence-corrected chi connectivity index (χ3v) is 3.33. The lowest BCUT2D eigenvalue weighted by Gasteiger charge is -2.00. The van der Waals surface area contributed by atoms with Gasteiger partial charge in [-0.1, -0.05) is 6.07 Å². The topological polar surface area (TPSA) is 30.7 Å². The number of esters is 1. The number of nitrogens with zero attached hydrogens (tertiary/aromatic N) is 1. The molecule has 2 rings (SSSR count). The van der Waals surface area contributed by atoms with Gasteiger partial charge in [0.15, 0.2) is 0 Å². The summed E-state index contributed by atoms with van der Waals surface area (Å²) >= 11 is 1.66. The van der Waals surface area contributed by atoms with E-state index in [2.05, 4.69) is 10.5 Å². The Morgan fingerprint density at radius 1 is 1.50 bits per heavy atom. The van der Waals surface area contributed by atoms with Crippen LogP contribution in [0.25, 0.3) is 11.6 Å². The maximum atomic E-state index is 11.3. The van der Waals surface area contributed by atoms with Crippen molar-refractivity contribution >= 4 is 29.3 Å². The number of carbonyl (C=O) groups excluding carboxylic acids is 1. The summed E-state index contributed by atoms with van der Waals surface area (Å²) in [4.78, 5) is 12.5. The first-order valence-electron chi connectivity index (χ1n) is 5.75. The molecule has 0 atom stereocenters. The zero-order valence-electron chi connectivity index (χ0n) is 10.4. The first-order valence-corrected chi connectivity index (χ1v) is 6.97. The molecule has 18 heavy (non-hydrogen) atoms. The summed E-state index contributed by atoms with van der Waals surface area (Å²) in [5.41, 5.74) is 2.12. The van der Waals surface area contributed by atoms with Crippen molar-refractivity contribution in [3.63, 3.8) is 0 Å². The quantitative estimate of drug-likeness (QED) is 0.481. The molecule has 2 aromatic heterocycles. The van der Waals surface area contributed by atoms with E-state index < -0.39 is 0 Å². The molecule has 0 aromatic carbocycles. The second-order valence-corrected chi connectivity index (χ2v) is 4.53. The SMILES string of the molecule is CCOC(=O)C=Cc1c(SC)cc2ccccn12. The number of ether oxygens (including phenoxy) is 1. The Morgan fingerprint density at radius 2 is 2.33 bits per heavy atom. The van der Waals surface area contributed by atoms with Gasteiger partial charge in [0.25, 0.3) is 0 Å². The maximum absolute atomic E-state index is 11.3. The molecule has 0 unspecified atom stereocenters. The molecule has 4 heteroatoms. The number of hydrogen-bond acceptors (Lipinski definition) is 3. The molecule has 0 aliphatic rings. The van der Waals surface area contributed by atoms with Gasteiger partial charge in [-0.2, -0.15) is 0 Å². The lowest BCUT2D eigenvalue weighted by Crippen LogP contribution is -1.99. The summed E-state index contributed by atoms with van der Waals surface area (Å²) in [6.45, 7) is 2.19. The normalized spacial score (nSPS) is 11.2. The minimum atomic E-state index is -0.310. The summed E-state index contributed by atoms with van der Waals surface area (Å²) in [7, 11) is 0. The van der Waals surface area contributed by atoms with Gasteiger partial charge in [-0.05, 0) is 37.5 Å². The molecule has 0 aliphatic heterocycles. The van der Waals surface area contributed by atoms with Gasteiger partial charge in [0.2, 0.25) is 0 Å². The van der Waals surface area contributed by atoms with Crippen molar-refractivity contribution in [3.05, 3.63) is 42.2 Å². The fourth-order valence-electron chi connectivity index (χ4n) is 1.78. The van der Waals surface area contributed by atoms with Crippen LogP contribution in [0.4, 0.5) is 0 Å². The third kappa shape index (κ3) is 2.59. The highest BCUT2D eigenvalue weighted by molar-refractivity contribution is 7.98. The molecule has 0 saturated carbocycles. The van der Waals surface area contributed by atoms with Crippen LogP contribution in [0.2, 0.25) is 0 Å². The Kier molecular flexibility index (Phi) is 4.10. The predicted molar refractivity (Wildman–Crippen MR) is 74.8 cm³/mol. The minimum absolute atomic E-state index is 0.310. The first-order chi connectivity index (χ1) is 8.76. The number of pyridine rings is 1. The number of aromatic nitrogens is 1. The zero-order valence-corrected chi connectivity index (χ0v) is 11.2. The van der Waals surface area contributed by atoms with Gasteiger partial charge in [-0.15, -0.1) is 11.8 Å². The lowest BCUT2D eigenvalue weighted by atomic mass is 10.4. The molecule has 3 nitrogen and oxygen atoms in total. The van der Waals surface area contributed by atoms with E-state index in [-0.39, 0.29) is 5.97 Å². The van der Waals surface area contributed by atoms with Gasteiger partial charge in [-0.3, -0.25) is 0 Å². The molecule has 0 spiro atoms. The van der Waals surface area contributed by atoms with Gasteiger partial charge < -0.3 is 9.14 Å². The molecule has 0 aliphatic carbocycles. The molecule has 94 valence electrons. The molecule has 0 N–H and O–H groups in total. The van der Waals surface area contributed by atoms with Crippen LogP contribution >= 0.6 is 11.8 Å². The van der Waals surface area contributed by atoms with Gasteiger partial charge in [0, 0.05) is 22.7 Å². The van der Waals surface area contributed by atoms with Crippen molar-refractivity contribution in [1.29, 1.82) is 0 Å². The van der Waals surface area contributed by atoms with Crippen LogP contribution in [-0.4, -0.2) is 23.2 Å². The van der Waals surface area contributed by atoms with Gasteiger partial charge in [0.1, 0.15) is 0 Å². The van der Waals surface area contributed by atoms with Crippen LogP contribution in [0.5, 0.6) is 0 Å². The molecule has 0 saturated heterocycles. The number of fused-ring (bicyclic) bond motifs is 1. The second kappa shape index (κ2) is 5.78. The van der Waals surface area contributed by atoms with Crippen LogP contribution in [-0.2, 0) is 9.53 Å². The summed E-state index contributed by atoms with van der Waals surface area (Å²) in [6.07, 6.45) is 7.28. The average Bonchev–Trinajstić information content (AvgIpc) is 2.74. The van der Waals surface area contributed by atoms with Crippen LogP contribution in [0, 0.1) is 0 Å². The maximum Gasteiger partial charge on any atom is 0.330 e. The van der Waals surface area contributed by atoms with Crippen LogP contribution in [0.15, 0.2) is 41.4 Å². The Morgan fingerprint density at radius 3 is 3.06 bits per heavy atom. The highest BCUT2D eigenvalue weighted by atomic mass is 32.2. The zero-order chi connectivity index (χ0) is 13.0. The molecule has 0 fully saturated rings. The monoisotopic (exact) mass is 261 g/mol. The predicted octanol–water partition coefficient (Wildman–Crippen LogP) is 3.24. The van der Waals surface area contributed by atoms with E-state index in [0.29, 0.717) is 6.61 Å². The fraction of sp³-hybridized carbons (Fsp3) is 0.214. The van der Waals surface area contributed by atoms with Crippen LogP contribution in [0.3, 0.4) is 0 Å². The van der Waals surface area contributed by atoms with E-state index >= 15 is 0 Å². The largest absolute Gasteiger partial charge is 0.463 e. The molecule has 0 radical (unpaired) electrons. The highest BCUT2D eigenvalue weighted by Crippen LogP contribution is 2.26. The highest BCUT2D eigenvalue weighted by Gasteiger charge is 2.06. The molecule has 0 bridgehead atoms.